The first-order chi connectivity index (χ1) is 15.6. The van der Waals surface area contributed by atoms with Crippen molar-refractivity contribution in [3.8, 4) is 5.75 Å². The number of rotatable bonds is 6. The summed E-state index contributed by atoms with van der Waals surface area (Å²) in [4.78, 5) is 16.5. The third kappa shape index (κ3) is 4.88. The number of anilines is 1. The number of carbonyl (C=O) groups is 1. The number of aliphatic imine (C=N–C) groups is 1. The van der Waals surface area contributed by atoms with E-state index in [0.717, 1.165) is 55.6 Å². The molecule has 0 aliphatic carbocycles. The largest absolute Gasteiger partial charge is 0.497 e. The van der Waals surface area contributed by atoms with Crippen molar-refractivity contribution in [2.24, 2.45) is 4.99 Å². The van der Waals surface area contributed by atoms with Crippen molar-refractivity contribution in [2.45, 2.75) is 30.6 Å². The molecule has 1 atom stereocenters. The van der Waals surface area contributed by atoms with Crippen LogP contribution in [0.25, 0.3) is 0 Å². The predicted molar refractivity (Wildman–Crippen MR) is 127 cm³/mol. The summed E-state index contributed by atoms with van der Waals surface area (Å²) >= 11 is 0. The zero-order valence-electron chi connectivity index (χ0n) is 18.8. The van der Waals surface area contributed by atoms with Crippen LogP contribution in [0.4, 0.5) is 5.69 Å². The summed E-state index contributed by atoms with van der Waals surface area (Å²) in [5.41, 5.74) is 3.32. The summed E-state index contributed by atoms with van der Waals surface area (Å²) in [6.45, 7) is 2.88. The predicted octanol–water partition coefficient (Wildman–Crippen LogP) is 3.03. The van der Waals surface area contributed by atoms with Crippen LogP contribution in [-0.2, 0) is 14.9 Å². The zero-order chi connectivity index (χ0) is 22.4. The van der Waals surface area contributed by atoms with Gasteiger partial charge in [0.05, 0.1) is 7.11 Å². The highest BCUT2D eigenvalue weighted by Crippen LogP contribution is 2.35. The Morgan fingerprint density at radius 1 is 1.16 bits per heavy atom. The van der Waals surface area contributed by atoms with Gasteiger partial charge < -0.3 is 25.4 Å². The molecule has 7 heteroatoms. The van der Waals surface area contributed by atoms with Gasteiger partial charge in [0.15, 0.2) is 5.96 Å². The molecule has 2 heterocycles. The number of fused-ring (bicyclic) bond motifs is 1. The van der Waals surface area contributed by atoms with Crippen molar-refractivity contribution in [2.75, 3.05) is 45.8 Å². The second-order valence-electron chi connectivity index (χ2n) is 8.46. The van der Waals surface area contributed by atoms with Gasteiger partial charge in [-0.05, 0) is 42.2 Å². The Hall–Kier alpha value is -3.06. The van der Waals surface area contributed by atoms with Gasteiger partial charge in [0, 0.05) is 56.8 Å². The molecule has 2 aromatic carbocycles. The Kier molecular flexibility index (Phi) is 6.95. The van der Waals surface area contributed by atoms with Crippen molar-refractivity contribution in [1.29, 1.82) is 0 Å². The van der Waals surface area contributed by atoms with Crippen LogP contribution in [0.3, 0.4) is 0 Å². The minimum Gasteiger partial charge on any atom is -0.497 e. The van der Waals surface area contributed by atoms with Crippen molar-refractivity contribution < 1.29 is 14.3 Å². The van der Waals surface area contributed by atoms with Crippen LogP contribution < -0.4 is 20.7 Å². The maximum Gasteiger partial charge on any atom is 0.225 e. The highest BCUT2D eigenvalue weighted by Gasteiger charge is 2.35. The molecule has 2 aromatic rings. The smallest absolute Gasteiger partial charge is 0.225 e. The number of nitrogens with one attached hydrogen (secondary N) is 3. The fourth-order valence-electron chi connectivity index (χ4n) is 4.65. The SMILES string of the molecule is CN=C(NCC1CC(=O)Nc2ccccc21)NCC1(c2ccc(OC)cc2)CCOCC1. The lowest BCUT2D eigenvalue weighted by Gasteiger charge is -2.38. The average Bonchev–Trinajstić information content (AvgIpc) is 2.84. The number of nitrogens with zero attached hydrogens (tertiary/aromatic N) is 1. The number of ether oxygens (including phenoxy) is 2. The summed E-state index contributed by atoms with van der Waals surface area (Å²) in [6, 6.07) is 16.3. The van der Waals surface area contributed by atoms with Crippen molar-refractivity contribution in [3.05, 3.63) is 59.7 Å². The van der Waals surface area contributed by atoms with E-state index >= 15 is 0 Å². The number of guanidine groups is 1. The minimum atomic E-state index is -0.0283. The molecule has 2 aliphatic heterocycles. The number of amides is 1. The normalized spacial score (nSPS) is 20.1. The van der Waals surface area contributed by atoms with E-state index in [4.69, 9.17) is 9.47 Å². The Morgan fingerprint density at radius 2 is 1.91 bits per heavy atom. The third-order valence-corrected chi connectivity index (χ3v) is 6.59. The first-order valence-corrected chi connectivity index (χ1v) is 11.2. The zero-order valence-corrected chi connectivity index (χ0v) is 18.8. The number of carbonyl (C=O) groups excluding carboxylic acids is 1. The van der Waals surface area contributed by atoms with E-state index in [9.17, 15) is 4.79 Å². The summed E-state index contributed by atoms with van der Waals surface area (Å²) in [7, 11) is 3.46. The maximum absolute atomic E-state index is 12.1. The highest BCUT2D eigenvalue weighted by atomic mass is 16.5. The lowest BCUT2D eigenvalue weighted by molar-refractivity contribution is -0.116. The van der Waals surface area contributed by atoms with Gasteiger partial charge in [0.1, 0.15) is 5.75 Å². The fourth-order valence-corrected chi connectivity index (χ4v) is 4.65. The van der Waals surface area contributed by atoms with Crippen LogP contribution in [0.2, 0.25) is 0 Å². The molecular formula is C25H32N4O3. The number of hydrogen-bond acceptors (Lipinski definition) is 4. The van der Waals surface area contributed by atoms with Gasteiger partial charge in [0.25, 0.3) is 0 Å². The average molecular weight is 437 g/mol. The third-order valence-electron chi connectivity index (χ3n) is 6.59. The van der Waals surface area contributed by atoms with Gasteiger partial charge in [-0.2, -0.15) is 0 Å². The molecule has 1 unspecified atom stereocenters. The van der Waals surface area contributed by atoms with Crippen molar-refractivity contribution in [3.63, 3.8) is 0 Å². The van der Waals surface area contributed by atoms with E-state index in [1.165, 1.54) is 5.56 Å². The molecule has 0 aromatic heterocycles. The molecule has 0 bridgehead atoms. The van der Waals surface area contributed by atoms with Crippen molar-refractivity contribution >= 4 is 17.6 Å². The first kappa shape index (κ1) is 22.1. The van der Waals surface area contributed by atoms with E-state index in [1.54, 1.807) is 14.2 Å². The molecule has 2 aliphatic rings. The molecule has 0 radical (unpaired) electrons. The number of benzene rings is 2. The number of methoxy groups -OCH3 is 1. The van der Waals surface area contributed by atoms with E-state index in [1.807, 2.05) is 30.3 Å². The second-order valence-corrected chi connectivity index (χ2v) is 8.46. The van der Waals surface area contributed by atoms with E-state index in [0.29, 0.717) is 13.0 Å². The lowest BCUT2D eigenvalue weighted by Crippen LogP contribution is -2.48. The van der Waals surface area contributed by atoms with Gasteiger partial charge in [0.2, 0.25) is 5.91 Å². The maximum atomic E-state index is 12.1. The molecule has 1 fully saturated rings. The van der Waals surface area contributed by atoms with Gasteiger partial charge in [-0.25, -0.2) is 0 Å². The summed E-state index contributed by atoms with van der Waals surface area (Å²) in [5, 5.41) is 9.93. The molecule has 1 saturated heterocycles. The fraction of sp³-hybridized carbons (Fsp3) is 0.440. The molecule has 3 N–H and O–H groups in total. The molecular weight excluding hydrogens is 404 g/mol. The first-order valence-electron chi connectivity index (χ1n) is 11.2. The molecule has 0 spiro atoms. The van der Waals surface area contributed by atoms with Crippen LogP contribution in [0.5, 0.6) is 5.75 Å². The van der Waals surface area contributed by atoms with Crippen LogP contribution in [0, 0.1) is 0 Å². The number of hydrogen-bond donors (Lipinski definition) is 3. The highest BCUT2D eigenvalue weighted by molar-refractivity contribution is 5.94. The summed E-state index contributed by atoms with van der Waals surface area (Å²) in [5.74, 6) is 1.77. The molecule has 7 nitrogen and oxygen atoms in total. The van der Waals surface area contributed by atoms with Gasteiger partial charge in [-0.1, -0.05) is 30.3 Å². The molecule has 170 valence electrons. The second kappa shape index (κ2) is 10.0. The van der Waals surface area contributed by atoms with Crippen LogP contribution in [0.15, 0.2) is 53.5 Å². The molecule has 4 rings (SSSR count). The van der Waals surface area contributed by atoms with Crippen molar-refractivity contribution in [1.82, 2.24) is 10.6 Å². The summed E-state index contributed by atoms with van der Waals surface area (Å²) < 4.78 is 11.0. The Morgan fingerprint density at radius 3 is 2.62 bits per heavy atom. The van der Waals surface area contributed by atoms with Crippen LogP contribution in [-0.4, -0.2) is 52.3 Å². The van der Waals surface area contributed by atoms with Gasteiger partial charge >= 0.3 is 0 Å². The van der Waals surface area contributed by atoms with Gasteiger partial charge in [-0.3, -0.25) is 9.79 Å². The number of para-hydroxylation sites is 1. The lowest BCUT2D eigenvalue weighted by atomic mass is 9.74. The summed E-state index contributed by atoms with van der Waals surface area (Å²) in [6.07, 6.45) is 2.35. The standard InChI is InChI=1S/C25H32N4O3/c1-26-24(27-16-18-15-23(30)29-22-6-4-3-5-21(18)22)28-17-25(11-13-32-14-12-25)19-7-9-20(31-2)10-8-19/h3-10,18H,11-17H2,1-2H3,(H,29,30)(H2,26,27,28). The quantitative estimate of drug-likeness (QED) is 0.479. The minimum absolute atomic E-state index is 0.0283. The monoisotopic (exact) mass is 436 g/mol. The van der Waals surface area contributed by atoms with E-state index in [2.05, 4.69) is 39.1 Å². The Bertz CT molecular complexity index is 952. The Labute approximate surface area is 189 Å². The topological polar surface area (TPSA) is 84.0 Å². The van der Waals surface area contributed by atoms with E-state index < -0.39 is 0 Å². The molecule has 0 saturated carbocycles. The van der Waals surface area contributed by atoms with Crippen LogP contribution in [0.1, 0.15) is 36.3 Å². The Balaban J connectivity index is 1.42. The molecule has 1 amide bonds. The van der Waals surface area contributed by atoms with Crippen LogP contribution >= 0.6 is 0 Å². The van der Waals surface area contributed by atoms with E-state index in [-0.39, 0.29) is 17.2 Å². The molecule has 32 heavy (non-hydrogen) atoms. The van der Waals surface area contributed by atoms with Gasteiger partial charge in [-0.15, -0.1) is 0 Å².